The Hall–Kier alpha value is -1.10. The van der Waals surface area contributed by atoms with E-state index >= 15 is 0 Å². The van der Waals surface area contributed by atoms with Crippen LogP contribution in [-0.4, -0.2) is 54.3 Å². The summed E-state index contributed by atoms with van der Waals surface area (Å²) in [5.74, 6) is -0.0272. The molecule has 1 aliphatic heterocycles. The first-order chi connectivity index (χ1) is 7.50. The van der Waals surface area contributed by atoms with Crippen LogP contribution in [0.3, 0.4) is 0 Å². The summed E-state index contributed by atoms with van der Waals surface area (Å²) in [4.78, 5) is 26.6. The average molecular weight is 227 g/mol. The number of rotatable bonds is 4. The van der Waals surface area contributed by atoms with Crippen LogP contribution < -0.4 is 5.73 Å². The third-order valence-electron chi connectivity index (χ3n) is 2.75. The minimum atomic E-state index is -0.156. The smallest absolute Gasteiger partial charge is 0.242 e. The molecular formula is C11H21N3O2. The first-order valence-corrected chi connectivity index (χ1v) is 5.78. The number of nitrogens with two attached hydrogens (primary N) is 1. The molecule has 0 aromatic rings. The molecule has 0 aromatic carbocycles. The SMILES string of the molecule is CC(N)CC(=O)N(C)CC(=O)N1CCCC1. The lowest BCUT2D eigenvalue weighted by Gasteiger charge is -2.21. The zero-order valence-electron chi connectivity index (χ0n) is 10.1. The molecule has 5 nitrogen and oxygen atoms in total. The highest BCUT2D eigenvalue weighted by molar-refractivity contribution is 5.85. The van der Waals surface area contributed by atoms with Crippen molar-refractivity contribution in [2.75, 3.05) is 26.7 Å². The fourth-order valence-corrected chi connectivity index (χ4v) is 1.79. The highest BCUT2D eigenvalue weighted by atomic mass is 16.2. The first kappa shape index (κ1) is 13.0. The predicted octanol–water partition coefficient (Wildman–Crippen LogP) is -0.195. The number of hydrogen-bond acceptors (Lipinski definition) is 3. The highest BCUT2D eigenvalue weighted by Gasteiger charge is 2.21. The van der Waals surface area contributed by atoms with Gasteiger partial charge < -0.3 is 15.5 Å². The fraction of sp³-hybridized carbons (Fsp3) is 0.818. The first-order valence-electron chi connectivity index (χ1n) is 5.78. The van der Waals surface area contributed by atoms with E-state index in [0.717, 1.165) is 25.9 Å². The summed E-state index contributed by atoms with van der Waals surface area (Å²) in [6, 6.07) is -0.156. The molecule has 0 spiro atoms. The van der Waals surface area contributed by atoms with Gasteiger partial charge in [-0.1, -0.05) is 0 Å². The van der Waals surface area contributed by atoms with E-state index in [9.17, 15) is 9.59 Å². The van der Waals surface area contributed by atoms with E-state index < -0.39 is 0 Å². The van der Waals surface area contributed by atoms with Gasteiger partial charge in [0.1, 0.15) is 0 Å². The van der Waals surface area contributed by atoms with Crippen molar-refractivity contribution >= 4 is 11.8 Å². The van der Waals surface area contributed by atoms with E-state index in [1.165, 1.54) is 4.90 Å². The lowest BCUT2D eigenvalue weighted by Crippen LogP contribution is -2.41. The molecule has 92 valence electrons. The van der Waals surface area contributed by atoms with Gasteiger partial charge in [-0.3, -0.25) is 9.59 Å². The summed E-state index contributed by atoms with van der Waals surface area (Å²) in [6.07, 6.45) is 2.44. The van der Waals surface area contributed by atoms with Crippen LogP contribution in [0.15, 0.2) is 0 Å². The molecule has 1 atom stereocenters. The van der Waals surface area contributed by atoms with E-state index in [4.69, 9.17) is 5.73 Å². The Morgan fingerprint density at radius 1 is 1.38 bits per heavy atom. The predicted molar refractivity (Wildman–Crippen MR) is 61.7 cm³/mol. The molecule has 2 N–H and O–H groups in total. The number of amides is 2. The molecule has 0 aliphatic carbocycles. The van der Waals surface area contributed by atoms with Crippen molar-refractivity contribution in [3.05, 3.63) is 0 Å². The van der Waals surface area contributed by atoms with Crippen LogP contribution in [0.5, 0.6) is 0 Å². The standard InChI is InChI=1S/C11H21N3O2/c1-9(12)7-10(15)13(2)8-11(16)14-5-3-4-6-14/h9H,3-8,12H2,1-2H3. The molecule has 16 heavy (non-hydrogen) atoms. The quantitative estimate of drug-likeness (QED) is 0.723. The molecule has 0 aromatic heterocycles. The Balaban J connectivity index is 2.35. The van der Waals surface area contributed by atoms with Gasteiger partial charge in [0, 0.05) is 32.6 Å². The second kappa shape index (κ2) is 5.84. The molecule has 0 saturated carbocycles. The van der Waals surface area contributed by atoms with Crippen LogP contribution in [0.25, 0.3) is 0 Å². The van der Waals surface area contributed by atoms with Crippen LogP contribution in [0.2, 0.25) is 0 Å². The molecule has 0 bridgehead atoms. The maximum atomic E-state index is 11.7. The summed E-state index contributed by atoms with van der Waals surface area (Å²) < 4.78 is 0. The molecule has 1 saturated heterocycles. The Labute approximate surface area is 96.6 Å². The van der Waals surface area contributed by atoms with E-state index in [1.807, 2.05) is 4.90 Å². The lowest BCUT2D eigenvalue weighted by atomic mass is 10.2. The van der Waals surface area contributed by atoms with Gasteiger partial charge in [-0.05, 0) is 19.8 Å². The molecule has 5 heteroatoms. The van der Waals surface area contributed by atoms with Crippen molar-refractivity contribution in [1.82, 2.24) is 9.80 Å². The van der Waals surface area contributed by atoms with Crippen LogP contribution in [-0.2, 0) is 9.59 Å². The maximum Gasteiger partial charge on any atom is 0.242 e. The van der Waals surface area contributed by atoms with Crippen molar-refractivity contribution in [1.29, 1.82) is 0 Å². The number of hydrogen-bond donors (Lipinski definition) is 1. The normalized spacial score (nSPS) is 17.3. The molecule has 1 aliphatic rings. The van der Waals surface area contributed by atoms with E-state index in [-0.39, 0.29) is 24.4 Å². The number of carbonyl (C=O) groups excluding carboxylic acids is 2. The Morgan fingerprint density at radius 2 is 1.94 bits per heavy atom. The van der Waals surface area contributed by atoms with Gasteiger partial charge in [0.25, 0.3) is 0 Å². The van der Waals surface area contributed by atoms with Crippen LogP contribution >= 0.6 is 0 Å². The number of likely N-dealkylation sites (tertiary alicyclic amines) is 1. The molecular weight excluding hydrogens is 206 g/mol. The Morgan fingerprint density at radius 3 is 2.44 bits per heavy atom. The molecule has 0 radical (unpaired) electrons. The largest absolute Gasteiger partial charge is 0.341 e. The summed E-state index contributed by atoms with van der Waals surface area (Å²) in [5, 5.41) is 0. The van der Waals surface area contributed by atoms with Crippen molar-refractivity contribution in [2.24, 2.45) is 5.73 Å². The molecule has 2 amide bonds. The number of nitrogens with zero attached hydrogens (tertiary/aromatic N) is 2. The third-order valence-corrected chi connectivity index (χ3v) is 2.75. The van der Waals surface area contributed by atoms with Gasteiger partial charge in [0.2, 0.25) is 11.8 Å². The maximum absolute atomic E-state index is 11.7. The summed E-state index contributed by atoms with van der Waals surface area (Å²) in [6.45, 7) is 3.61. The molecule has 1 unspecified atom stereocenters. The topological polar surface area (TPSA) is 66.6 Å². The van der Waals surface area contributed by atoms with Crippen molar-refractivity contribution in [3.8, 4) is 0 Å². The number of likely N-dealkylation sites (N-methyl/N-ethyl adjacent to an activating group) is 1. The molecule has 1 heterocycles. The zero-order valence-corrected chi connectivity index (χ0v) is 10.1. The summed E-state index contributed by atoms with van der Waals surface area (Å²) >= 11 is 0. The molecule has 1 fully saturated rings. The van der Waals surface area contributed by atoms with Crippen LogP contribution in [0.1, 0.15) is 26.2 Å². The van der Waals surface area contributed by atoms with Gasteiger partial charge in [0.05, 0.1) is 6.54 Å². The van der Waals surface area contributed by atoms with Crippen molar-refractivity contribution < 1.29 is 9.59 Å². The van der Waals surface area contributed by atoms with Gasteiger partial charge in [0.15, 0.2) is 0 Å². The van der Waals surface area contributed by atoms with E-state index in [0.29, 0.717) is 6.42 Å². The second-order valence-electron chi connectivity index (χ2n) is 4.52. The monoisotopic (exact) mass is 227 g/mol. The minimum absolute atomic E-state index is 0.0398. The second-order valence-corrected chi connectivity index (χ2v) is 4.52. The van der Waals surface area contributed by atoms with Gasteiger partial charge >= 0.3 is 0 Å². The van der Waals surface area contributed by atoms with Crippen molar-refractivity contribution in [3.63, 3.8) is 0 Å². The van der Waals surface area contributed by atoms with E-state index in [2.05, 4.69) is 0 Å². The van der Waals surface area contributed by atoms with Gasteiger partial charge in [-0.25, -0.2) is 0 Å². The van der Waals surface area contributed by atoms with E-state index in [1.54, 1.807) is 14.0 Å². The van der Waals surface area contributed by atoms with Crippen LogP contribution in [0, 0.1) is 0 Å². The van der Waals surface area contributed by atoms with Crippen molar-refractivity contribution in [2.45, 2.75) is 32.2 Å². The number of carbonyl (C=O) groups is 2. The minimum Gasteiger partial charge on any atom is -0.341 e. The fourth-order valence-electron chi connectivity index (χ4n) is 1.79. The average Bonchev–Trinajstić information content (AvgIpc) is 2.68. The molecule has 1 rings (SSSR count). The van der Waals surface area contributed by atoms with Gasteiger partial charge in [-0.15, -0.1) is 0 Å². The summed E-state index contributed by atoms with van der Waals surface area (Å²) in [7, 11) is 1.65. The lowest BCUT2D eigenvalue weighted by molar-refractivity contribution is -0.138. The third kappa shape index (κ3) is 3.81. The Kier molecular flexibility index (Phi) is 4.73. The van der Waals surface area contributed by atoms with Gasteiger partial charge in [-0.2, -0.15) is 0 Å². The highest BCUT2D eigenvalue weighted by Crippen LogP contribution is 2.08. The van der Waals surface area contributed by atoms with Crippen LogP contribution in [0.4, 0.5) is 0 Å². The zero-order chi connectivity index (χ0) is 12.1. The Bertz CT molecular complexity index is 260. The summed E-state index contributed by atoms with van der Waals surface area (Å²) in [5.41, 5.74) is 5.54.